The third-order valence-electron chi connectivity index (χ3n) is 2.54. The van der Waals surface area contributed by atoms with Crippen molar-refractivity contribution in [3.63, 3.8) is 0 Å². The summed E-state index contributed by atoms with van der Waals surface area (Å²) >= 11 is 3.15. The quantitative estimate of drug-likeness (QED) is 0.838. The molecule has 0 aliphatic carbocycles. The van der Waals surface area contributed by atoms with Gasteiger partial charge in [0.25, 0.3) is 0 Å². The van der Waals surface area contributed by atoms with E-state index in [1.165, 1.54) is 6.07 Å². The molecule has 6 heteroatoms. The molecule has 0 bridgehead atoms. The number of thiophene rings is 1. The molecule has 0 radical (unpaired) electrons. The molecule has 1 atom stereocenters. The van der Waals surface area contributed by atoms with Crippen LogP contribution in [0.3, 0.4) is 0 Å². The van der Waals surface area contributed by atoms with E-state index in [-0.39, 0.29) is 0 Å². The highest BCUT2D eigenvalue weighted by Gasteiger charge is 2.30. The van der Waals surface area contributed by atoms with E-state index in [1.54, 1.807) is 29.2 Å². The van der Waals surface area contributed by atoms with Crippen LogP contribution in [0.15, 0.2) is 46.0 Å². The smallest absolute Gasteiger partial charge is 0.323 e. The van der Waals surface area contributed by atoms with E-state index in [0.717, 1.165) is 16.3 Å². The fourth-order valence-corrected chi connectivity index (χ4v) is 3.36. The first-order valence-electron chi connectivity index (χ1n) is 5.56. The highest BCUT2D eigenvalue weighted by Crippen LogP contribution is 2.32. The van der Waals surface area contributed by atoms with Crippen LogP contribution in [0, 0.1) is 0 Å². The zero-order chi connectivity index (χ0) is 13.9. The van der Waals surface area contributed by atoms with Gasteiger partial charge in [-0.15, -0.1) is 23.1 Å². The molecule has 1 heterocycles. The van der Waals surface area contributed by atoms with Crippen molar-refractivity contribution in [2.45, 2.75) is 16.4 Å². The van der Waals surface area contributed by atoms with Gasteiger partial charge in [0.1, 0.15) is 0 Å². The van der Waals surface area contributed by atoms with Crippen LogP contribution in [0.1, 0.15) is 17.2 Å². The van der Waals surface area contributed by atoms with Gasteiger partial charge in [-0.1, -0.05) is 18.2 Å². The first kappa shape index (κ1) is 14.4. The van der Waals surface area contributed by atoms with E-state index in [4.69, 9.17) is 5.73 Å². The van der Waals surface area contributed by atoms with Crippen LogP contribution >= 0.6 is 23.1 Å². The molecular weight excluding hydrogens is 291 g/mol. The zero-order valence-corrected chi connectivity index (χ0v) is 11.5. The number of hydrogen-bond acceptors (Lipinski definition) is 3. The molecule has 2 rings (SSSR count). The van der Waals surface area contributed by atoms with Crippen molar-refractivity contribution in [3.05, 3.63) is 52.9 Å². The number of halogens is 3. The van der Waals surface area contributed by atoms with Crippen LogP contribution in [0.2, 0.25) is 0 Å². The molecule has 2 N–H and O–H groups in total. The molecule has 19 heavy (non-hydrogen) atoms. The largest absolute Gasteiger partial charge is 0.416 e. The number of benzene rings is 1. The van der Waals surface area contributed by atoms with Crippen LogP contribution in [0.4, 0.5) is 13.2 Å². The highest BCUT2D eigenvalue weighted by molar-refractivity contribution is 8.01. The lowest BCUT2D eigenvalue weighted by atomic mass is 10.1. The van der Waals surface area contributed by atoms with Crippen LogP contribution in [-0.4, -0.2) is 5.75 Å². The van der Waals surface area contributed by atoms with Crippen molar-refractivity contribution in [1.29, 1.82) is 0 Å². The summed E-state index contributed by atoms with van der Waals surface area (Å²) in [6.45, 7) is 0. The second kappa shape index (κ2) is 5.98. The molecule has 0 aliphatic rings. The topological polar surface area (TPSA) is 26.0 Å². The first-order valence-corrected chi connectivity index (χ1v) is 7.42. The normalized spacial score (nSPS) is 13.5. The van der Waals surface area contributed by atoms with E-state index >= 15 is 0 Å². The van der Waals surface area contributed by atoms with E-state index in [1.807, 2.05) is 17.5 Å². The fourth-order valence-electron chi connectivity index (χ4n) is 1.56. The van der Waals surface area contributed by atoms with Gasteiger partial charge in [0.2, 0.25) is 0 Å². The van der Waals surface area contributed by atoms with Gasteiger partial charge < -0.3 is 5.73 Å². The van der Waals surface area contributed by atoms with Crippen molar-refractivity contribution in [2.24, 2.45) is 5.73 Å². The van der Waals surface area contributed by atoms with Gasteiger partial charge in [-0.05, 0) is 29.1 Å². The van der Waals surface area contributed by atoms with Crippen molar-refractivity contribution >= 4 is 23.1 Å². The Morgan fingerprint density at radius 1 is 1.21 bits per heavy atom. The highest BCUT2D eigenvalue weighted by atomic mass is 32.2. The number of hydrogen-bond donors (Lipinski definition) is 1. The predicted molar refractivity (Wildman–Crippen MR) is 73.4 cm³/mol. The Morgan fingerprint density at radius 2 is 2.00 bits per heavy atom. The summed E-state index contributed by atoms with van der Waals surface area (Å²) < 4.78 is 38.9. The molecule has 1 unspecified atom stereocenters. The predicted octanol–water partition coefficient (Wildman–Crippen LogP) is 4.56. The lowest BCUT2D eigenvalue weighted by Gasteiger charge is -2.13. The average molecular weight is 303 g/mol. The Hall–Kier alpha value is -0.980. The lowest BCUT2D eigenvalue weighted by Crippen LogP contribution is -2.14. The van der Waals surface area contributed by atoms with Gasteiger partial charge in [0.05, 0.1) is 9.77 Å². The zero-order valence-electron chi connectivity index (χ0n) is 9.85. The minimum Gasteiger partial charge on any atom is -0.323 e. The molecular formula is C13H12F3NS2. The Balaban J connectivity index is 2.04. The summed E-state index contributed by atoms with van der Waals surface area (Å²) in [7, 11) is 0. The van der Waals surface area contributed by atoms with Crippen LogP contribution in [0.25, 0.3) is 0 Å². The summed E-state index contributed by atoms with van der Waals surface area (Å²) in [5.74, 6) is 0.557. The standard InChI is InChI=1S/C13H12F3NS2/c14-13(15,16)10-4-1-3-9(7-10)11(17)8-19-12-5-2-6-18-12/h1-7,11H,8,17H2. The van der Waals surface area contributed by atoms with E-state index in [2.05, 4.69) is 0 Å². The van der Waals surface area contributed by atoms with Crippen molar-refractivity contribution in [1.82, 2.24) is 0 Å². The van der Waals surface area contributed by atoms with Crippen LogP contribution < -0.4 is 5.73 Å². The van der Waals surface area contributed by atoms with Gasteiger partial charge in [0.15, 0.2) is 0 Å². The van der Waals surface area contributed by atoms with Crippen LogP contribution in [-0.2, 0) is 6.18 Å². The van der Waals surface area contributed by atoms with E-state index in [0.29, 0.717) is 11.3 Å². The summed E-state index contributed by atoms with van der Waals surface area (Å²) in [4.78, 5) is 0. The maximum atomic E-state index is 12.6. The molecule has 0 aliphatic heterocycles. The maximum absolute atomic E-state index is 12.6. The third kappa shape index (κ3) is 3.99. The monoisotopic (exact) mass is 303 g/mol. The van der Waals surface area contributed by atoms with E-state index in [9.17, 15) is 13.2 Å². The van der Waals surface area contributed by atoms with Gasteiger partial charge in [-0.2, -0.15) is 13.2 Å². The summed E-state index contributed by atoms with van der Waals surface area (Å²) in [5.41, 5.74) is 5.80. The van der Waals surface area contributed by atoms with Gasteiger partial charge >= 0.3 is 6.18 Å². The summed E-state index contributed by atoms with van der Waals surface area (Å²) in [6, 6.07) is 8.71. The van der Waals surface area contributed by atoms with Gasteiger partial charge in [0, 0.05) is 11.8 Å². The molecule has 0 saturated carbocycles. The molecule has 0 fully saturated rings. The van der Waals surface area contributed by atoms with E-state index < -0.39 is 17.8 Å². The Morgan fingerprint density at radius 3 is 2.63 bits per heavy atom. The van der Waals surface area contributed by atoms with Crippen molar-refractivity contribution in [2.75, 3.05) is 5.75 Å². The molecule has 1 aromatic heterocycles. The Bertz CT molecular complexity index is 523. The second-order valence-corrected chi connectivity index (χ2v) is 6.24. The summed E-state index contributed by atoms with van der Waals surface area (Å²) in [6.07, 6.45) is -4.32. The SMILES string of the molecule is NC(CSc1cccs1)c1cccc(C(F)(F)F)c1. The Kier molecular flexibility index (Phi) is 4.54. The molecule has 2 aromatic rings. The molecule has 1 aromatic carbocycles. The minimum absolute atomic E-state index is 0.408. The first-order chi connectivity index (χ1) is 8.97. The molecule has 0 amide bonds. The fraction of sp³-hybridized carbons (Fsp3) is 0.231. The molecule has 0 saturated heterocycles. The number of rotatable bonds is 4. The lowest BCUT2D eigenvalue weighted by molar-refractivity contribution is -0.137. The molecule has 1 nitrogen and oxygen atoms in total. The molecule has 0 spiro atoms. The van der Waals surface area contributed by atoms with Gasteiger partial charge in [-0.3, -0.25) is 0 Å². The minimum atomic E-state index is -4.32. The number of thioether (sulfide) groups is 1. The average Bonchev–Trinajstić information content (AvgIpc) is 2.88. The third-order valence-corrected chi connectivity index (χ3v) is 4.79. The van der Waals surface area contributed by atoms with Crippen molar-refractivity contribution in [3.8, 4) is 0 Å². The maximum Gasteiger partial charge on any atom is 0.416 e. The second-order valence-electron chi connectivity index (χ2n) is 3.97. The number of alkyl halides is 3. The van der Waals surface area contributed by atoms with Crippen LogP contribution in [0.5, 0.6) is 0 Å². The van der Waals surface area contributed by atoms with Crippen molar-refractivity contribution < 1.29 is 13.2 Å². The Labute approximate surface area is 117 Å². The molecule has 102 valence electrons. The number of nitrogens with two attached hydrogens (primary N) is 1. The van der Waals surface area contributed by atoms with Gasteiger partial charge in [-0.25, -0.2) is 0 Å². The summed E-state index contributed by atoms with van der Waals surface area (Å²) in [5, 5.41) is 1.96.